The zero-order chi connectivity index (χ0) is 39.7. The molecular weight excluding hydrogens is 751 g/mol. The van der Waals surface area contributed by atoms with Gasteiger partial charge in [0.15, 0.2) is 17.5 Å². The minimum Gasteiger partial charge on any atom is -0.295 e. The number of para-hydroxylation sites is 3. The van der Waals surface area contributed by atoms with Crippen molar-refractivity contribution in [1.29, 1.82) is 0 Å². The molecule has 8 aromatic carbocycles. The number of hydrogen-bond donors (Lipinski definition) is 0. The number of nitrogens with zero attached hydrogens (tertiary/aromatic N) is 5. The second kappa shape index (κ2) is 12.4. The molecule has 0 amide bonds. The molecule has 60 heavy (non-hydrogen) atoms. The topological polar surface area (TPSA) is 48.5 Å². The molecule has 0 radical (unpaired) electrons. The molecule has 13 rings (SSSR count). The van der Waals surface area contributed by atoms with Gasteiger partial charge in [-0.05, 0) is 87.6 Å². The Morgan fingerprint density at radius 2 is 1.12 bits per heavy atom. The maximum absolute atomic E-state index is 5.29. The third-order valence-corrected chi connectivity index (χ3v) is 13.8. The van der Waals surface area contributed by atoms with E-state index >= 15 is 0 Å². The highest BCUT2D eigenvalue weighted by Gasteiger charge is 2.35. The minimum atomic E-state index is -0.0866. The molecule has 0 bridgehead atoms. The van der Waals surface area contributed by atoms with Crippen LogP contribution in [0.25, 0.3) is 100 Å². The Bertz CT molecular complexity index is 3610. The predicted octanol–water partition coefficient (Wildman–Crippen LogP) is 13.8. The van der Waals surface area contributed by atoms with Crippen LogP contribution in [-0.2, 0) is 5.41 Å². The summed E-state index contributed by atoms with van der Waals surface area (Å²) in [6.07, 6.45) is 0. The van der Waals surface area contributed by atoms with E-state index in [1.807, 2.05) is 11.8 Å². The van der Waals surface area contributed by atoms with Crippen molar-refractivity contribution < 1.29 is 0 Å². The second-order valence-corrected chi connectivity index (χ2v) is 17.5. The highest BCUT2D eigenvalue weighted by atomic mass is 32.2. The molecule has 0 saturated heterocycles. The van der Waals surface area contributed by atoms with E-state index in [1.54, 1.807) is 0 Å². The first-order valence-corrected chi connectivity index (χ1v) is 21.3. The summed E-state index contributed by atoms with van der Waals surface area (Å²) in [6, 6.07) is 63.3. The lowest BCUT2D eigenvalue weighted by Gasteiger charge is -2.22. The fraction of sp³-hybridized carbons (Fsp3) is 0.0556. The van der Waals surface area contributed by atoms with Crippen LogP contribution in [0.15, 0.2) is 186 Å². The lowest BCUT2D eigenvalue weighted by atomic mass is 9.82. The van der Waals surface area contributed by atoms with Gasteiger partial charge in [0.1, 0.15) is 5.65 Å². The van der Waals surface area contributed by atoms with Crippen molar-refractivity contribution in [3.05, 3.63) is 187 Å². The monoisotopic (exact) mass is 785 g/mol. The first-order valence-electron chi connectivity index (χ1n) is 20.4. The number of fused-ring (bicyclic) bond motifs is 11. The Hall–Kier alpha value is -7.28. The van der Waals surface area contributed by atoms with Crippen molar-refractivity contribution >= 4 is 55.4 Å². The van der Waals surface area contributed by atoms with E-state index in [9.17, 15) is 0 Å². The molecular formula is C54H35N5S. The highest BCUT2D eigenvalue weighted by molar-refractivity contribution is 7.99. The quantitative estimate of drug-likeness (QED) is 0.178. The van der Waals surface area contributed by atoms with Crippen molar-refractivity contribution in [1.82, 2.24) is 24.1 Å². The van der Waals surface area contributed by atoms with E-state index in [0.717, 1.165) is 38.3 Å². The van der Waals surface area contributed by atoms with Crippen molar-refractivity contribution in [2.45, 2.75) is 29.1 Å². The van der Waals surface area contributed by atoms with Gasteiger partial charge in [-0.15, -0.1) is 0 Å². The van der Waals surface area contributed by atoms with E-state index in [2.05, 4.69) is 199 Å². The maximum atomic E-state index is 5.29. The Morgan fingerprint density at radius 3 is 1.97 bits per heavy atom. The fourth-order valence-corrected chi connectivity index (χ4v) is 11.0. The van der Waals surface area contributed by atoms with E-state index in [0.29, 0.717) is 17.5 Å². The van der Waals surface area contributed by atoms with Crippen LogP contribution in [0.2, 0.25) is 0 Å². The van der Waals surface area contributed by atoms with Gasteiger partial charge in [-0.25, -0.2) is 15.0 Å². The van der Waals surface area contributed by atoms with Crippen LogP contribution in [0.5, 0.6) is 0 Å². The van der Waals surface area contributed by atoms with Gasteiger partial charge in [0, 0.05) is 53.7 Å². The number of benzene rings is 8. The number of aromatic nitrogens is 5. The predicted molar refractivity (Wildman–Crippen MR) is 246 cm³/mol. The van der Waals surface area contributed by atoms with E-state index in [1.165, 1.54) is 65.4 Å². The summed E-state index contributed by atoms with van der Waals surface area (Å²) in [4.78, 5) is 18.1. The molecule has 0 atom stereocenters. The average molecular weight is 786 g/mol. The Kier molecular flexibility index (Phi) is 6.94. The first kappa shape index (κ1) is 33.7. The van der Waals surface area contributed by atoms with Gasteiger partial charge in [-0.3, -0.25) is 9.13 Å². The largest absolute Gasteiger partial charge is 0.295 e. The Balaban J connectivity index is 1.02. The highest BCUT2D eigenvalue weighted by Crippen LogP contribution is 2.51. The van der Waals surface area contributed by atoms with E-state index < -0.39 is 0 Å². The second-order valence-electron chi connectivity index (χ2n) is 16.5. The van der Waals surface area contributed by atoms with Crippen LogP contribution in [0, 0.1) is 0 Å². The normalized spacial score (nSPS) is 13.6. The summed E-state index contributed by atoms with van der Waals surface area (Å²) in [6.45, 7) is 4.63. The van der Waals surface area contributed by atoms with Crippen LogP contribution in [0.1, 0.15) is 25.0 Å². The standard InChI is InChI=1S/C54H35N5S/c1-54(2)42-20-10-8-17-38(42)41-30-35(25-27-43(41)54)51-55-50(34-24-23-32-13-6-7-14-33(32)29-34)56-52(57-51)36-26-28-45-47(31-36)60-46-22-12-19-40-48-39-18-9-11-21-44(39)58(37-15-4-3-5-16-37)53(48)59(45)49(40)46/h3-31H,1-2H3. The van der Waals surface area contributed by atoms with Crippen LogP contribution in [0.4, 0.5) is 0 Å². The molecule has 4 heterocycles. The van der Waals surface area contributed by atoms with Crippen molar-refractivity contribution in [3.8, 4) is 56.7 Å². The molecule has 0 spiro atoms. The van der Waals surface area contributed by atoms with E-state index in [-0.39, 0.29) is 5.41 Å². The zero-order valence-corrected chi connectivity index (χ0v) is 33.7. The van der Waals surface area contributed by atoms with Crippen LogP contribution < -0.4 is 0 Å². The van der Waals surface area contributed by atoms with Crippen LogP contribution in [0.3, 0.4) is 0 Å². The lowest BCUT2D eigenvalue weighted by molar-refractivity contribution is 0.660. The lowest BCUT2D eigenvalue weighted by Crippen LogP contribution is -2.14. The number of hydrogen-bond acceptors (Lipinski definition) is 4. The summed E-state index contributed by atoms with van der Waals surface area (Å²) in [5, 5.41) is 6.11. The molecule has 0 unspecified atom stereocenters. The van der Waals surface area contributed by atoms with Crippen LogP contribution in [-0.4, -0.2) is 24.1 Å². The molecule has 282 valence electrons. The molecule has 6 heteroatoms. The molecule has 0 fully saturated rings. The molecule has 11 aromatic rings. The van der Waals surface area contributed by atoms with E-state index in [4.69, 9.17) is 15.0 Å². The summed E-state index contributed by atoms with van der Waals surface area (Å²) in [7, 11) is 0. The SMILES string of the molecule is CC1(C)c2ccccc2-c2cc(-c3nc(-c4ccc5c(c4)Sc4cccc6c7c8ccccc8n(-c8ccccc8)c7n-5c46)nc(-c4ccc5ccccc5c4)n3)ccc21. The van der Waals surface area contributed by atoms with Crippen molar-refractivity contribution in [3.63, 3.8) is 0 Å². The summed E-state index contributed by atoms with van der Waals surface area (Å²) in [5.74, 6) is 1.96. The van der Waals surface area contributed by atoms with Gasteiger partial charge in [0.25, 0.3) is 0 Å². The van der Waals surface area contributed by atoms with Gasteiger partial charge >= 0.3 is 0 Å². The Labute approximate surface area is 350 Å². The molecule has 0 N–H and O–H groups in total. The van der Waals surface area contributed by atoms with Gasteiger partial charge < -0.3 is 0 Å². The van der Waals surface area contributed by atoms with Gasteiger partial charge in [-0.2, -0.15) is 0 Å². The number of rotatable bonds is 4. The average Bonchev–Trinajstić information content (AvgIpc) is 3.90. The van der Waals surface area contributed by atoms with Crippen LogP contribution >= 0.6 is 11.8 Å². The summed E-state index contributed by atoms with van der Waals surface area (Å²) < 4.78 is 4.90. The van der Waals surface area contributed by atoms with Gasteiger partial charge in [0.05, 0.1) is 16.7 Å². The smallest absolute Gasteiger partial charge is 0.164 e. The summed E-state index contributed by atoms with van der Waals surface area (Å²) in [5.41, 5.74) is 13.9. The molecule has 0 saturated carbocycles. The molecule has 1 aliphatic heterocycles. The van der Waals surface area contributed by atoms with Gasteiger partial charge in [-0.1, -0.05) is 147 Å². The van der Waals surface area contributed by atoms with Crippen molar-refractivity contribution in [2.24, 2.45) is 0 Å². The van der Waals surface area contributed by atoms with Crippen molar-refractivity contribution in [2.75, 3.05) is 0 Å². The maximum Gasteiger partial charge on any atom is 0.164 e. The Morgan fingerprint density at radius 1 is 0.467 bits per heavy atom. The van der Waals surface area contributed by atoms with Gasteiger partial charge in [0.2, 0.25) is 0 Å². The minimum absolute atomic E-state index is 0.0866. The molecule has 1 aliphatic carbocycles. The molecule has 2 aliphatic rings. The third-order valence-electron chi connectivity index (χ3n) is 12.7. The fourth-order valence-electron chi connectivity index (χ4n) is 9.91. The summed E-state index contributed by atoms with van der Waals surface area (Å²) >= 11 is 1.82. The first-order chi connectivity index (χ1) is 29.5. The zero-order valence-electron chi connectivity index (χ0n) is 32.9. The molecule has 3 aromatic heterocycles. The molecule has 5 nitrogen and oxygen atoms in total. The third kappa shape index (κ3) is 4.74.